The number of halogens is 3. The number of hydrogen-bond acceptors (Lipinski definition) is 4. The van der Waals surface area contributed by atoms with Gasteiger partial charge in [-0.3, -0.25) is 14.6 Å². The van der Waals surface area contributed by atoms with Crippen LogP contribution in [0.1, 0.15) is 54.1 Å². The SMILES string of the molecule is C=C(/C=C\C(=CC)CN1CCCC1)NC(=O)c1cccc2[nH]c(-c3ccc(CN4CCCC4)cc3C(F)(F)F)nc12. The number of aromatic amines is 1. The fourth-order valence-electron chi connectivity index (χ4n) is 5.57. The smallest absolute Gasteiger partial charge is 0.338 e. The number of likely N-dealkylation sites (tertiary alicyclic amines) is 2. The average molecular weight is 564 g/mol. The van der Waals surface area contributed by atoms with E-state index < -0.39 is 17.6 Å². The van der Waals surface area contributed by atoms with Crippen LogP contribution in [0.5, 0.6) is 0 Å². The predicted octanol–water partition coefficient (Wildman–Crippen LogP) is 6.69. The third-order valence-electron chi connectivity index (χ3n) is 7.76. The van der Waals surface area contributed by atoms with Gasteiger partial charge in [-0.2, -0.15) is 13.2 Å². The average Bonchev–Trinajstić information content (AvgIpc) is 3.72. The summed E-state index contributed by atoms with van der Waals surface area (Å²) in [6, 6.07) is 9.39. The van der Waals surface area contributed by atoms with Gasteiger partial charge in [-0.1, -0.05) is 36.9 Å². The molecule has 0 atom stereocenters. The topological polar surface area (TPSA) is 64.3 Å². The number of rotatable bonds is 9. The normalized spacial score (nSPS) is 17.2. The van der Waals surface area contributed by atoms with Gasteiger partial charge in [-0.05, 0) is 94.2 Å². The molecule has 6 nitrogen and oxygen atoms in total. The maximum atomic E-state index is 14.2. The second-order valence-corrected chi connectivity index (χ2v) is 10.8. The molecule has 9 heteroatoms. The van der Waals surface area contributed by atoms with Crippen LogP contribution in [0.2, 0.25) is 0 Å². The third kappa shape index (κ3) is 6.97. The van der Waals surface area contributed by atoms with E-state index in [0.717, 1.165) is 51.1 Å². The van der Waals surface area contributed by atoms with Crippen LogP contribution in [-0.4, -0.2) is 58.4 Å². The lowest BCUT2D eigenvalue weighted by Crippen LogP contribution is -2.22. The first-order valence-corrected chi connectivity index (χ1v) is 14.2. The van der Waals surface area contributed by atoms with Crippen LogP contribution in [0, 0.1) is 0 Å². The van der Waals surface area contributed by atoms with Crippen LogP contribution in [0.15, 0.2) is 72.5 Å². The van der Waals surface area contributed by atoms with E-state index in [1.54, 1.807) is 30.3 Å². The Hall–Kier alpha value is -3.69. The van der Waals surface area contributed by atoms with E-state index in [2.05, 4.69) is 31.7 Å². The van der Waals surface area contributed by atoms with Crippen molar-refractivity contribution in [2.45, 2.75) is 45.3 Å². The summed E-state index contributed by atoms with van der Waals surface area (Å²) >= 11 is 0. The molecule has 41 heavy (non-hydrogen) atoms. The van der Waals surface area contributed by atoms with Crippen molar-refractivity contribution in [1.82, 2.24) is 25.1 Å². The molecule has 0 unspecified atom stereocenters. The van der Waals surface area contributed by atoms with Crippen LogP contribution in [0.3, 0.4) is 0 Å². The van der Waals surface area contributed by atoms with Crippen LogP contribution < -0.4 is 5.32 Å². The molecule has 2 saturated heterocycles. The molecule has 2 N–H and O–H groups in total. The Bertz CT molecular complexity index is 1470. The number of hydrogen-bond donors (Lipinski definition) is 2. The monoisotopic (exact) mass is 563 g/mol. The number of alkyl halides is 3. The number of nitrogens with one attached hydrogen (secondary N) is 2. The van der Waals surface area contributed by atoms with Crippen molar-refractivity contribution in [2.24, 2.45) is 0 Å². The summed E-state index contributed by atoms with van der Waals surface area (Å²) in [6.45, 7) is 11.3. The highest BCUT2D eigenvalue weighted by Crippen LogP contribution is 2.38. The maximum absolute atomic E-state index is 14.2. The molecule has 1 amide bonds. The first kappa shape index (κ1) is 28.8. The molecule has 0 spiro atoms. The van der Waals surface area contributed by atoms with Gasteiger partial charge in [0.05, 0.1) is 16.6 Å². The largest absolute Gasteiger partial charge is 0.417 e. The van der Waals surface area contributed by atoms with Crippen LogP contribution in [-0.2, 0) is 12.7 Å². The highest BCUT2D eigenvalue weighted by atomic mass is 19.4. The number of carbonyl (C=O) groups excluding carboxylic acids is 1. The maximum Gasteiger partial charge on any atom is 0.417 e. The molecular formula is C32H36F3N5O. The molecule has 0 aliphatic carbocycles. The molecule has 2 aromatic carbocycles. The number of para-hydroxylation sites is 1. The second-order valence-electron chi connectivity index (χ2n) is 10.8. The Morgan fingerprint density at radius 1 is 1.05 bits per heavy atom. The second kappa shape index (κ2) is 12.4. The molecule has 3 aromatic rings. The lowest BCUT2D eigenvalue weighted by Gasteiger charge is -2.17. The zero-order chi connectivity index (χ0) is 29.0. The molecule has 2 aliphatic rings. The molecule has 3 heterocycles. The Kier molecular flexibility index (Phi) is 8.75. The zero-order valence-electron chi connectivity index (χ0n) is 23.4. The highest BCUT2D eigenvalue weighted by Gasteiger charge is 2.35. The molecule has 1 aromatic heterocycles. The summed E-state index contributed by atoms with van der Waals surface area (Å²) in [6.07, 6.45) is 5.76. The molecule has 0 saturated carbocycles. The van der Waals surface area contributed by atoms with Gasteiger partial charge in [0.2, 0.25) is 0 Å². The number of H-pyrrole nitrogens is 1. The summed E-state index contributed by atoms with van der Waals surface area (Å²) in [5.74, 6) is -0.361. The van der Waals surface area contributed by atoms with E-state index in [4.69, 9.17) is 0 Å². The number of nitrogens with zero attached hydrogens (tertiary/aromatic N) is 3. The third-order valence-corrected chi connectivity index (χ3v) is 7.76. The predicted molar refractivity (Wildman–Crippen MR) is 156 cm³/mol. The summed E-state index contributed by atoms with van der Waals surface area (Å²) in [4.78, 5) is 25.2. The molecular weight excluding hydrogens is 527 g/mol. The number of carbonyl (C=O) groups is 1. The number of imidazole rings is 1. The van der Waals surface area contributed by atoms with Gasteiger partial charge in [-0.15, -0.1) is 0 Å². The first-order chi connectivity index (χ1) is 19.7. The summed E-state index contributed by atoms with van der Waals surface area (Å²) < 4.78 is 42.5. The fraction of sp³-hybridized carbons (Fsp3) is 0.375. The zero-order valence-corrected chi connectivity index (χ0v) is 23.4. The Morgan fingerprint density at radius 2 is 1.76 bits per heavy atom. The van der Waals surface area contributed by atoms with Crippen molar-refractivity contribution in [3.8, 4) is 11.4 Å². The fourth-order valence-corrected chi connectivity index (χ4v) is 5.57. The molecule has 2 fully saturated rings. The summed E-state index contributed by atoms with van der Waals surface area (Å²) in [5, 5.41) is 2.79. The van der Waals surface area contributed by atoms with E-state index in [0.29, 0.717) is 28.8 Å². The van der Waals surface area contributed by atoms with Crippen molar-refractivity contribution >= 4 is 16.9 Å². The lowest BCUT2D eigenvalue weighted by molar-refractivity contribution is -0.137. The van der Waals surface area contributed by atoms with E-state index in [1.807, 2.05) is 19.1 Å². The van der Waals surface area contributed by atoms with Gasteiger partial charge < -0.3 is 10.3 Å². The molecule has 216 valence electrons. The van der Waals surface area contributed by atoms with E-state index >= 15 is 0 Å². The van der Waals surface area contributed by atoms with Crippen LogP contribution in [0.25, 0.3) is 22.4 Å². The van der Waals surface area contributed by atoms with Crippen molar-refractivity contribution in [3.63, 3.8) is 0 Å². The van der Waals surface area contributed by atoms with E-state index in [1.165, 1.54) is 25.0 Å². The minimum Gasteiger partial charge on any atom is -0.338 e. The summed E-state index contributed by atoms with van der Waals surface area (Å²) in [7, 11) is 0. The molecule has 0 bridgehead atoms. The van der Waals surface area contributed by atoms with Crippen molar-refractivity contribution < 1.29 is 18.0 Å². The van der Waals surface area contributed by atoms with Gasteiger partial charge in [-0.25, -0.2) is 4.98 Å². The van der Waals surface area contributed by atoms with Crippen molar-refractivity contribution in [1.29, 1.82) is 0 Å². The van der Waals surface area contributed by atoms with E-state index in [-0.39, 0.29) is 17.0 Å². The number of allylic oxidation sites excluding steroid dienone is 2. The highest BCUT2D eigenvalue weighted by molar-refractivity contribution is 6.06. The lowest BCUT2D eigenvalue weighted by atomic mass is 10.0. The molecule has 5 rings (SSSR count). The van der Waals surface area contributed by atoms with Crippen molar-refractivity contribution in [2.75, 3.05) is 32.7 Å². The molecule has 2 aliphatic heterocycles. The number of amides is 1. The Labute approximate surface area is 238 Å². The number of aromatic nitrogens is 2. The number of fused-ring (bicyclic) bond motifs is 1. The van der Waals surface area contributed by atoms with Gasteiger partial charge in [0.15, 0.2) is 0 Å². The van der Waals surface area contributed by atoms with Crippen LogP contribution >= 0.6 is 0 Å². The quantitative estimate of drug-likeness (QED) is 0.285. The minimum absolute atomic E-state index is 0.0468. The van der Waals surface area contributed by atoms with Gasteiger partial charge >= 0.3 is 6.18 Å². The van der Waals surface area contributed by atoms with Crippen LogP contribution in [0.4, 0.5) is 13.2 Å². The summed E-state index contributed by atoms with van der Waals surface area (Å²) in [5.41, 5.74) is 2.40. The van der Waals surface area contributed by atoms with Gasteiger partial charge in [0.25, 0.3) is 5.91 Å². The standard InChI is InChI=1S/C32H36F3N5O/c1-3-23(20-39-15-4-5-16-39)12-11-22(2)36-31(41)26-9-8-10-28-29(26)38-30(37-28)25-14-13-24(19-27(25)32(33,34)35)21-40-17-6-7-18-40/h3,8-14,19H,2,4-7,15-18,20-21H2,1H3,(H,36,41)(H,37,38)/b12-11-,23-3?. The van der Waals surface area contributed by atoms with E-state index in [9.17, 15) is 18.0 Å². The van der Waals surface area contributed by atoms with Crippen molar-refractivity contribution in [3.05, 3.63) is 89.2 Å². The number of benzene rings is 2. The minimum atomic E-state index is -4.56. The Morgan fingerprint density at radius 3 is 2.44 bits per heavy atom. The molecule has 0 radical (unpaired) electrons. The first-order valence-electron chi connectivity index (χ1n) is 14.2. The van der Waals surface area contributed by atoms with Gasteiger partial charge in [0.1, 0.15) is 11.3 Å². The Balaban J connectivity index is 1.35. The van der Waals surface area contributed by atoms with Gasteiger partial charge in [0, 0.05) is 24.4 Å².